The van der Waals surface area contributed by atoms with Gasteiger partial charge in [-0.25, -0.2) is 19.9 Å². The number of amides is 4. The van der Waals surface area contributed by atoms with Gasteiger partial charge in [-0.15, -0.1) is 0 Å². The minimum absolute atomic E-state index is 0.0116. The van der Waals surface area contributed by atoms with Crippen molar-refractivity contribution in [2.24, 2.45) is 23.7 Å². The minimum Gasteiger partial charge on any atom is -0.398 e. The van der Waals surface area contributed by atoms with Gasteiger partial charge < -0.3 is 38.9 Å². The van der Waals surface area contributed by atoms with E-state index in [9.17, 15) is 19.2 Å². The largest absolute Gasteiger partial charge is 0.398 e. The Kier molecular flexibility index (Phi) is 28.3. The summed E-state index contributed by atoms with van der Waals surface area (Å²) >= 11 is 0. The van der Waals surface area contributed by atoms with Gasteiger partial charge in [-0.3, -0.25) is 24.5 Å². The van der Waals surface area contributed by atoms with Gasteiger partial charge in [-0.1, -0.05) is 177 Å². The van der Waals surface area contributed by atoms with Crippen LogP contribution in [0.15, 0.2) is 255 Å². The molecule has 0 spiro atoms. The third-order valence-corrected chi connectivity index (χ3v) is 29.6. The van der Waals surface area contributed by atoms with Crippen LogP contribution in [0.5, 0.6) is 0 Å². The van der Waals surface area contributed by atoms with E-state index >= 15 is 0 Å². The lowest BCUT2D eigenvalue weighted by molar-refractivity contribution is -0.121. The van der Waals surface area contributed by atoms with Crippen molar-refractivity contribution in [3.63, 3.8) is 0 Å². The van der Waals surface area contributed by atoms with E-state index in [1.54, 1.807) is 12.4 Å². The molecule has 4 saturated carbocycles. The van der Waals surface area contributed by atoms with Crippen molar-refractivity contribution in [3.05, 3.63) is 355 Å². The van der Waals surface area contributed by atoms with E-state index in [-0.39, 0.29) is 71.0 Å². The van der Waals surface area contributed by atoms with E-state index in [2.05, 4.69) is 301 Å². The zero-order valence-electron chi connectivity index (χ0n) is 82.1. The summed E-state index contributed by atoms with van der Waals surface area (Å²) in [5.74, 6) is 2.26. The number of carbonyl (C=O) groups excluding carboxylic acids is 4. The van der Waals surface area contributed by atoms with Crippen LogP contribution in [0.2, 0.25) is 0 Å². The van der Waals surface area contributed by atoms with E-state index in [0.717, 1.165) is 193 Å². The molecule has 16 nitrogen and oxygen atoms in total. The topological polar surface area (TPSA) is 272 Å². The molecule has 4 fully saturated rings. The lowest BCUT2D eigenvalue weighted by atomic mass is 9.84. The third kappa shape index (κ3) is 20.7. The lowest BCUT2D eigenvalue weighted by Crippen LogP contribution is -2.26. The number of hydrogen-bond donors (Lipinski definition) is 8. The van der Waals surface area contributed by atoms with Crippen LogP contribution >= 0.6 is 0 Å². The fraction of sp³-hybridized carbons (Fsp3) is 0.279. The molecule has 8 unspecified atom stereocenters. The highest BCUT2D eigenvalue weighted by Crippen LogP contribution is 2.49. The van der Waals surface area contributed by atoms with Gasteiger partial charge in [0.25, 0.3) is 0 Å². The Bertz CT molecular complexity index is 6930. The fourth-order valence-corrected chi connectivity index (χ4v) is 22.5. The van der Waals surface area contributed by atoms with Crippen molar-refractivity contribution in [1.82, 2.24) is 19.9 Å². The second-order valence-electron chi connectivity index (χ2n) is 39.5. The number of rotatable bonds is 16. The van der Waals surface area contributed by atoms with Crippen molar-refractivity contribution in [2.45, 2.75) is 198 Å². The molecule has 700 valence electrons. The van der Waals surface area contributed by atoms with Crippen LogP contribution in [0, 0.1) is 121 Å². The molecule has 0 saturated heterocycles. The van der Waals surface area contributed by atoms with Crippen LogP contribution < -0.4 is 44.2 Å². The van der Waals surface area contributed by atoms with E-state index in [4.69, 9.17) is 22.9 Å². The molecule has 138 heavy (non-hydrogen) atoms. The van der Waals surface area contributed by atoms with Crippen LogP contribution in [-0.4, -0.2) is 43.6 Å². The minimum atomic E-state index is -0.109. The second kappa shape index (κ2) is 41.1. The maximum absolute atomic E-state index is 13.5. The number of aryl methyl sites for hydroxylation is 14. The lowest BCUT2D eigenvalue weighted by Gasteiger charge is -2.23. The standard InChI is InChI=1S/C32H34N2O.C31H33N3O.C30H31N3O.C29H30N4O/c1-19-14-24-16-21(3)28(18-29(24)30(33)15-19)26-10-7-11-27(26)32(35)34-31-13-12-23(17-22(31)4)25-9-6-5-8-20(25)2;1-18-8-5-6-9-24(18)22-12-13-29(20(3)15-22)34-31(35)26-11-7-10-25(26)27-17-28-23(14-19(27)2)16-21(4)33-30(28)32;1-18-13-22-15-20(3)26(16-27(22)28(31)14-18)24-9-6-10-25(24)30(34)33-29-12-11-21(17-32-29)23-8-5-4-7-19(23)2;1-17-11-20-13-19(3)25(14-26(20)27(30)12-17)23-9-6-10-24(23)28(34)33-29-31-15-21(16-32-29)22-8-5-4-7-18(22)2/h5-6,8-9,12-18,26-27H,7,10-11,33H2,1-4H3,(H,34,35);5-6,8-9,12-17,25-26H,7,10-11H2,1-4H3,(H2,32,33)(H,34,35);4-5,7-8,11-17,24-25H,6,9-10,31H2,1-3H3,(H,32,33,34);4-5,7-8,11-16,23-24H,6,9-10,30H2,1-3H3,(H,31,32,33,34). The average molecular weight is 1830 g/mol. The zero-order valence-corrected chi connectivity index (χ0v) is 82.1. The quantitative estimate of drug-likeness (QED) is 0.0420. The first kappa shape index (κ1) is 95.1. The molecule has 3 aromatic heterocycles. The highest BCUT2D eigenvalue weighted by Gasteiger charge is 2.40. The predicted molar refractivity (Wildman–Crippen MR) is 573 cm³/mol. The molecule has 4 aliphatic carbocycles. The molecule has 4 amide bonds. The van der Waals surface area contributed by atoms with E-state index < -0.39 is 0 Å². The summed E-state index contributed by atoms with van der Waals surface area (Å²) in [6, 6.07) is 82.0. The normalized spacial score (nSPS) is 17.7. The number of benzene rings is 13. The molecule has 20 rings (SSSR count). The number of nitrogens with two attached hydrogens (primary N) is 4. The third-order valence-electron chi connectivity index (χ3n) is 29.6. The Morgan fingerprint density at radius 3 is 0.935 bits per heavy atom. The van der Waals surface area contributed by atoms with Gasteiger partial charge in [-0.05, 0) is 406 Å². The molecule has 16 aromatic rings. The summed E-state index contributed by atoms with van der Waals surface area (Å²) in [7, 11) is 0. The summed E-state index contributed by atoms with van der Waals surface area (Å²) in [5.41, 5.74) is 59.8. The first-order valence-electron chi connectivity index (χ1n) is 49.0. The van der Waals surface area contributed by atoms with Crippen LogP contribution in [-0.2, 0) is 19.2 Å². The number of pyridine rings is 2. The smallest absolute Gasteiger partial charge is 0.230 e. The number of fused-ring (bicyclic) bond motifs is 4. The number of aromatic nitrogens is 4. The number of hydrogen-bond acceptors (Lipinski definition) is 12. The molecule has 3 heterocycles. The van der Waals surface area contributed by atoms with Crippen LogP contribution in [0.3, 0.4) is 0 Å². The number of anilines is 8. The average Bonchev–Trinajstić information content (AvgIpc) is 1.68. The van der Waals surface area contributed by atoms with Crippen LogP contribution in [0.1, 0.15) is 201 Å². The molecule has 8 atom stereocenters. The molecule has 0 bridgehead atoms. The summed E-state index contributed by atoms with van der Waals surface area (Å²) in [4.78, 5) is 71.4. The van der Waals surface area contributed by atoms with Gasteiger partial charge in [0.05, 0.1) is 0 Å². The molecule has 12 N–H and O–H groups in total. The zero-order chi connectivity index (χ0) is 97.0. The van der Waals surface area contributed by atoms with Gasteiger partial charge in [0.15, 0.2) is 0 Å². The van der Waals surface area contributed by atoms with Crippen LogP contribution in [0.4, 0.5) is 46.0 Å². The number of nitrogens with zero attached hydrogens (tertiary/aromatic N) is 4. The molecular weight excluding hydrogens is 1700 g/mol. The maximum Gasteiger partial charge on any atom is 0.230 e. The highest BCUT2D eigenvalue weighted by molar-refractivity contribution is 6.01. The fourth-order valence-electron chi connectivity index (χ4n) is 22.5. The first-order chi connectivity index (χ1) is 66.4. The van der Waals surface area contributed by atoms with Gasteiger partial charge in [0.1, 0.15) is 11.6 Å². The Labute approximate surface area is 812 Å². The first-order valence-corrected chi connectivity index (χ1v) is 49.0. The van der Waals surface area contributed by atoms with Gasteiger partial charge in [0, 0.05) is 109 Å². The Balaban J connectivity index is 0.000000127. The molecule has 0 radical (unpaired) electrons. The molecule has 13 aromatic carbocycles. The molecule has 4 aliphatic rings. The van der Waals surface area contributed by atoms with Crippen molar-refractivity contribution >= 4 is 113 Å². The predicted octanol–water partition coefficient (Wildman–Crippen LogP) is 28.3. The molecular formula is C122H128N12O4. The summed E-state index contributed by atoms with van der Waals surface area (Å²) in [5, 5.41) is 21.3. The maximum atomic E-state index is 13.5. The van der Waals surface area contributed by atoms with Crippen molar-refractivity contribution in [3.8, 4) is 44.5 Å². The molecule has 0 aliphatic heterocycles. The SMILES string of the molecule is Cc1cc(N)c2cc(C3CCCC3C(=O)Nc3ccc(-c4ccccc4C)cc3C)c(C)cc2c1.Cc1cc(N)c2cc(C3CCCC3C(=O)Nc3ccc(-c4ccccc4C)cn3)c(C)cc2c1.Cc1cc(N)c2cc(C3CCCC3C(=O)Nc3ncc(-c4ccccc4C)cn3)c(C)cc2c1.Cc1cc2cc(C)c(C3CCCC3C(=O)Nc3ccc(-c4ccccc4C)cc3C)cc2c(N)n1. The Morgan fingerprint density at radius 1 is 0.275 bits per heavy atom. The van der Waals surface area contributed by atoms with Gasteiger partial charge in [-0.2, -0.15) is 0 Å². The van der Waals surface area contributed by atoms with Gasteiger partial charge in [0.2, 0.25) is 29.6 Å². The van der Waals surface area contributed by atoms with Crippen LogP contribution in [0.25, 0.3) is 87.6 Å². The number of nitrogens with one attached hydrogen (secondary N) is 4. The van der Waals surface area contributed by atoms with E-state index in [1.807, 2.05) is 79.9 Å². The number of nitrogen functional groups attached to an aromatic ring is 4. The molecule has 16 heteroatoms. The highest BCUT2D eigenvalue weighted by atomic mass is 16.2. The number of carbonyl (C=O) groups is 4. The van der Waals surface area contributed by atoms with Crippen molar-refractivity contribution in [1.29, 1.82) is 0 Å². The summed E-state index contributed by atoms with van der Waals surface area (Å²) < 4.78 is 0. The Hall–Kier alpha value is -14.6. The summed E-state index contributed by atoms with van der Waals surface area (Å²) in [6.07, 6.45) is 17.2. The Morgan fingerprint density at radius 2 is 0.587 bits per heavy atom. The van der Waals surface area contributed by atoms with Crippen molar-refractivity contribution < 1.29 is 19.2 Å². The van der Waals surface area contributed by atoms with E-state index in [0.29, 0.717) is 17.6 Å². The second-order valence-corrected chi connectivity index (χ2v) is 39.5. The summed E-state index contributed by atoms with van der Waals surface area (Å²) in [6.45, 7) is 29.3. The van der Waals surface area contributed by atoms with E-state index in [1.165, 1.54) is 100.0 Å². The van der Waals surface area contributed by atoms with Gasteiger partial charge >= 0.3 is 0 Å². The van der Waals surface area contributed by atoms with Crippen molar-refractivity contribution in [2.75, 3.05) is 44.2 Å². The monoisotopic (exact) mass is 1830 g/mol.